The molecule has 0 aromatic rings. The van der Waals surface area contributed by atoms with Crippen LogP contribution in [-0.4, -0.2) is 35.1 Å². The number of hydrogen-bond donors (Lipinski definition) is 0. The molecule has 72 valence electrons. The second-order valence-corrected chi connectivity index (χ2v) is 5.27. The van der Waals surface area contributed by atoms with E-state index in [0.717, 1.165) is 0 Å². The summed E-state index contributed by atoms with van der Waals surface area (Å²) in [6.45, 7) is 1.44. The highest BCUT2D eigenvalue weighted by atomic mass is 35.6. The smallest absolute Gasteiger partial charge is 0.209 e. The molecule has 1 saturated heterocycles. The van der Waals surface area contributed by atoms with Gasteiger partial charge in [0.25, 0.3) is 0 Å². The third-order valence-electron chi connectivity index (χ3n) is 1.48. The summed E-state index contributed by atoms with van der Waals surface area (Å²) in [5.74, 6) is 0. The van der Waals surface area contributed by atoms with Crippen LogP contribution in [0.5, 0.6) is 0 Å². The van der Waals surface area contributed by atoms with E-state index >= 15 is 0 Å². The van der Waals surface area contributed by atoms with Gasteiger partial charge in [0, 0.05) is 0 Å². The monoisotopic (exact) mass is 252 g/mol. The van der Waals surface area contributed by atoms with Gasteiger partial charge < -0.3 is 9.47 Å². The minimum absolute atomic E-state index is 0.340. The molecule has 0 spiro atoms. The molecule has 0 aromatic heterocycles. The van der Waals surface area contributed by atoms with E-state index in [1.807, 2.05) is 0 Å². The lowest BCUT2D eigenvalue weighted by Gasteiger charge is -2.30. The lowest BCUT2D eigenvalue weighted by molar-refractivity contribution is -0.0883. The van der Waals surface area contributed by atoms with Gasteiger partial charge in [-0.1, -0.05) is 34.8 Å². The van der Waals surface area contributed by atoms with Gasteiger partial charge in [-0.05, 0) is 0 Å². The third-order valence-corrected chi connectivity index (χ3v) is 3.13. The molecule has 2 nitrogen and oxygen atoms in total. The van der Waals surface area contributed by atoms with Crippen molar-refractivity contribution in [2.24, 2.45) is 0 Å². The summed E-state index contributed by atoms with van der Waals surface area (Å²) in [7, 11) is 0. The normalized spacial score (nSPS) is 28.5. The predicted molar refractivity (Wildman–Crippen MR) is 50.5 cm³/mol. The molecular weight excluding hydrogens is 246 g/mol. The van der Waals surface area contributed by atoms with Crippen LogP contribution >= 0.6 is 46.4 Å². The Labute approximate surface area is 91.0 Å². The van der Waals surface area contributed by atoms with Crippen molar-refractivity contribution in [1.82, 2.24) is 0 Å². The van der Waals surface area contributed by atoms with Gasteiger partial charge in [-0.25, -0.2) is 0 Å². The first-order valence-corrected chi connectivity index (χ1v) is 4.99. The average Bonchev–Trinajstić information content (AvgIpc) is 2.03. The zero-order valence-corrected chi connectivity index (χ0v) is 9.13. The van der Waals surface area contributed by atoms with Gasteiger partial charge >= 0.3 is 0 Å². The summed E-state index contributed by atoms with van der Waals surface area (Å²) in [6.07, 6.45) is -0.340. The van der Waals surface area contributed by atoms with E-state index in [2.05, 4.69) is 0 Å². The summed E-state index contributed by atoms with van der Waals surface area (Å²) in [5.41, 5.74) is 0. The Morgan fingerprint density at radius 3 is 2.33 bits per heavy atom. The van der Waals surface area contributed by atoms with Crippen molar-refractivity contribution in [3.05, 3.63) is 0 Å². The van der Waals surface area contributed by atoms with E-state index in [1.54, 1.807) is 0 Å². The Kier molecular flexibility index (Phi) is 4.22. The van der Waals surface area contributed by atoms with Crippen molar-refractivity contribution in [3.8, 4) is 0 Å². The standard InChI is InChI=1S/C6H8Cl4O2/c7-5(6(8,9)10)4-3-11-1-2-12-4/h4-5H,1-3H2. The molecule has 12 heavy (non-hydrogen) atoms. The van der Waals surface area contributed by atoms with Crippen LogP contribution in [0.3, 0.4) is 0 Å². The fourth-order valence-corrected chi connectivity index (χ4v) is 1.45. The van der Waals surface area contributed by atoms with Gasteiger partial charge in [0.2, 0.25) is 3.79 Å². The van der Waals surface area contributed by atoms with Crippen LogP contribution < -0.4 is 0 Å². The third kappa shape index (κ3) is 3.09. The van der Waals surface area contributed by atoms with Crippen molar-refractivity contribution in [3.63, 3.8) is 0 Å². The maximum atomic E-state index is 5.83. The van der Waals surface area contributed by atoms with Crippen LogP contribution in [0.4, 0.5) is 0 Å². The number of alkyl halides is 4. The van der Waals surface area contributed by atoms with Gasteiger partial charge in [0.05, 0.1) is 19.8 Å². The first-order valence-electron chi connectivity index (χ1n) is 3.42. The molecule has 1 fully saturated rings. The summed E-state index contributed by atoms with van der Waals surface area (Å²) in [6, 6.07) is 0. The molecule has 6 heteroatoms. The number of hydrogen-bond acceptors (Lipinski definition) is 2. The highest BCUT2D eigenvalue weighted by Crippen LogP contribution is 2.36. The topological polar surface area (TPSA) is 18.5 Å². The van der Waals surface area contributed by atoms with Crippen LogP contribution in [0, 0.1) is 0 Å². The van der Waals surface area contributed by atoms with Gasteiger partial charge in [-0.2, -0.15) is 0 Å². The van der Waals surface area contributed by atoms with E-state index in [0.29, 0.717) is 19.8 Å². The Balaban J connectivity index is 2.45. The van der Waals surface area contributed by atoms with E-state index < -0.39 is 9.17 Å². The van der Waals surface area contributed by atoms with Gasteiger partial charge in [0.1, 0.15) is 11.5 Å². The van der Waals surface area contributed by atoms with Crippen LogP contribution in [0.1, 0.15) is 0 Å². The lowest BCUT2D eigenvalue weighted by atomic mass is 10.2. The van der Waals surface area contributed by atoms with E-state index in [4.69, 9.17) is 55.9 Å². The van der Waals surface area contributed by atoms with Gasteiger partial charge in [-0.15, -0.1) is 11.6 Å². The van der Waals surface area contributed by atoms with Crippen LogP contribution in [0.25, 0.3) is 0 Å². The van der Waals surface area contributed by atoms with E-state index in [1.165, 1.54) is 0 Å². The van der Waals surface area contributed by atoms with Gasteiger partial charge in [-0.3, -0.25) is 0 Å². The second-order valence-electron chi connectivity index (χ2n) is 2.43. The average molecular weight is 254 g/mol. The van der Waals surface area contributed by atoms with Crippen LogP contribution in [0.15, 0.2) is 0 Å². The molecule has 0 bridgehead atoms. The molecule has 2 unspecified atom stereocenters. The SMILES string of the molecule is ClC(C1COCCO1)C(Cl)(Cl)Cl. The zero-order chi connectivity index (χ0) is 9.19. The number of halogens is 4. The Bertz CT molecular complexity index is 141. The molecule has 0 amide bonds. The molecule has 0 aromatic carbocycles. The van der Waals surface area contributed by atoms with Crippen molar-refractivity contribution >= 4 is 46.4 Å². The van der Waals surface area contributed by atoms with E-state index in [9.17, 15) is 0 Å². The molecule has 1 heterocycles. The van der Waals surface area contributed by atoms with Crippen LogP contribution in [-0.2, 0) is 9.47 Å². The Morgan fingerprint density at radius 1 is 1.25 bits per heavy atom. The lowest BCUT2D eigenvalue weighted by Crippen LogP contribution is -2.41. The number of ether oxygens (including phenoxy) is 2. The highest BCUT2D eigenvalue weighted by molar-refractivity contribution is 6.70. The summed E-state index contributed by atoms with van der Waals surface area (Å²) in [5, 5.41) is -0.678. The fraction of sp³-hybridized carbons (Fsp3) is 1.00. The molecule has 1 rings (SSSR count). The maximum absolute atomic E-state index is 5.83. The Morgan fingerprint density at radius 2 is 1.92 bits per heavy atom. The van der Waals surface area contributed by atoms with Crippen LogP contribution in [0.2, 0.25) is 0 Å². The predicted octanol–water partition coefficient (Wildman–Crippen LogP) is 2.38. The molecule has 0 aliphatic carbocycles. The molecule has 1 aliphatic heterocycles. The van der Waals surface area contributed by atoms with Gasteiger partial charge in [0.15, 0.2) is 0 Å². The molecule has 0 saturated carbocycles. The van der Waals surface area contributed by atoms with Crippen molar-refractivity contribution in [1.29, 1.82) is 0 Å². The molecular formula is C6H8Cl4O2. The maximum Gasteiger partial charge on any atom is 0.209 e. The Hall–Kier alpha value is 1.08. The number of rotatable bonds is 1. The first-order chi connectivity index (χ1) is 5.52. The molecule has 2 atom stereocenters. The molecule has 1 aliphatic rings. The minimum Gasteiger partial charge on any atom is -0.376 e. The zero-order valence-electron chi connectivity index (χ0n) is 6.10. The van der Waals surface area contributed by atoms with Crippen molar-refractivity contribution in [2.75, 3.05) is 19.8 Å². The summed E-state index contributed by atoms with van der Waals surface area (Å²) < 4.78 is 8.86. The first kappa shape index (κ1) is 11.2. The van der Waals surface area contributed by atoms with Crippen molar-refractivity contribution in [2.45, 2.75) is 15.3 Å². The fourth-order valence-electron chi connectivity index (χ4n) is 0.886. The minimum atomic E-state index is -1.51. The molecule has 0 N–H and O–H groups in total. The summed E-state index contributed by atoms with van der Waals surface area (Å²) in [4.78, 5) is 0. The van der Waals surface area contributed by atoms with Crippen molar-refractivity contribution < 1.29 is 9.47 Å². The second kappa shape index (κ2) is 4.54. The quantitative estimate of drug-likeness (QED) is 0.669. The van der Waals surface area contributed by atoms with E-state index in [-0.39, 0.29) is 6.10 Å². The summed E-state index contributed by atoms with van der Waals surface area (Å²) >= 11 is 22.6. The molecule has 0 radical (unpaired) electrons. The highest BCUT2D eigenvalue weighted by Gasteiger charge is 2.38. The largest absolute Gasteiger partial charge is 0.376 e.